The number of nitrogens with zero attached hydrogens (tertiary/aromatic N) is 1. The number of hydrogen-bond donors (Lipinski definition) is 3. The molecule has 158 valence electrons. The van der Waals surface area contributed by atoms with Crippen molar-refractivity contribution in [3.63, 3.8) is 0 Å². The summed E-state index contributed by atoms with van der Waals surface area (Å²) in [6.45, 7) is 5.06. The van der Waals surface area contributed by atoms with Crippen molar-refractivity contribution in [2.24, 2.45) is 4.99 Å². The highest BCUT2D eigenvalue weighted by Gasteiger charge is 2.26. The first-order valence-electron chi connectivity index (χ1n) is 9.80. The van der Waals surface area contributed by atoms with E-state index in [2.05, 4.69) is 20.3 Å². The van der Waals surface area contributed by atoms with Crippen LogP contribution in [-0.4, -0.2) is 48.4 Å². The molecule has 3 unspecified atom stereocenters. The molecule has 9 heteroatoms. The van der Waals surface area contributed by atoms with Gasteiger partial charge < -0.3 is 10.6 Å². The number of nitrogens with one attached hydrogen (secondary N) is 3. The van der Waals surface area contributed by atoms with Crippen molar-refractivity contribution in [3.05, 3.63) is 29.8 Å². The maximum Gasteiger partial charge on any atom is 0.229 e. The molecule has 1 fully saturated rings. The second kappa shape index (κ2) is 10.8. The average Bonchev–Trinajstić information content (AvgIpc) is 2.65. The zero-order chi connectivity index (χ0) is 20.6. The normalized spacial score (nSPS) is 21.8. The molecule has 0 aromatic heterocycles. The van der Waals surface area contributed by atoms with Gasteiger partial charge in [0.05, 0.1) is 18.5 Å². The summed E-state index contributed by atoms with van der Waals surface area (Å²) in [4.78, 5) is 4.64. The monoisotopic (exact) mass is 428 g/mol. The van der Waals surface area contributed by atoms with E-state index in [4.69, 9.17) is 0 Å². The van der Waals surface area contributed by atoms with E-state index in [0.717, 1.165) is 44.0 Å². The fourth-order valence-electron chi connectivity index (χ4n) is 3.39. The van der Waals surface area contributed by atoms with E-state index in [0.29, 0.717) is 23.9 Å². The summed E-state index contributed by atoms with van der Waals surface area (Å²) >= 11 is 0. The molecule has 0 saturated heterocycles. The van der Waals surface area contributed by atoms with Crippen LogP contribution in [0.4, 0.5) is 5.69 Å². The van der Waals surface area contributed by atoms with Gasteiger partial charge in [0.25, 0.3) is 0 Å². The Morgan fingerprint density at radius 3 is 2.68 bits per heavy atom. The molecule has 3 N–H and O–H groups in total. The van der Waals surface area contributed by atoms with E-state index >= 15 is 0 Å². The number of sulfonamides is 1. The molecule has 0 amide bonds. The topological polar surface area (TPSA) is 99.7 Å². The SMILES string of the molecule is CCNC(=NCc1ccccc1NS(C)(=O)=O)NC1CCCC(S(=O)CC)C1. The van der Waals surface area contributed by atoms with Crippen LogP contribution in [0.3, 0.4) is 0 Å². The number of benzene rings is 1. The molecule has 1 aromatic carbocycles. The summed E-state index contributed by atoms with van der Waals surface area (Å²) in [5, 5.41) is 6.97. The van der Waals surface area contributed by atoms with Gasteiger partial charge in [0, 0.05) is 34.4 Å². The molecule has 0 bridgehead atoms. The molecule has 0 radical (unpaired) electrons. The molecule has 2 rings (SSSR count). The number of rotatable bonds is 8. The maximum atomic E-state index is 12.2. The number of para-hydroxylation sites is 1. The van der Waals surface area contributed by atoms with Crippen molar-refractivity contribution >= 4 is 32.5 Å². The average molecular weight is 429 g/mol. The lowest BCUT2D eigenvalue weighted by Crippen LogP contribution is -2.46. The van der Waals surface area contributed by atoms with E-state index in [1.165, 1.54) is 0 Å². The van der Waals surface area contributed by atoms with Crippen LogP contribution >= 0.6 is 0 Å². The van der Waals surface area contributed by atoms with Crippen LogP contribution in [-0.2, 0) is 27.4 Å². The number of guanidine groups is 1. The zero-order valence-corrected chi connectivity index (χ0v) is 18.5. The highest BCUT2D eigenvalue weighted by Crippen LogP contribution is 2.23. The molecule has 1 aliphatic carbocycles. The van der Waals surface area contributed by atoms with Crippen molar-refractivity contribution in [2.45, 2.75) is 57.4 Å². The van der Waals surface area contributed by atoms with Crippen molar-refractivity contribution in [2.75, 3.05) is 23.3 Å². The molecular formula is C19H32N4O3S2. The summed E-state index contributed by atoms with van der Waals surface area (Å²) in [7, 11) is -4.11. The Hall–Kier alpha value is -1.61. The molecule has 7 nitrogen and oxygen atoms in total. The molecule has 1 aromatic rings. The van der Waals surface area contributed by atoms with E-state index in [1.807, 2.05) is 26.0 Å². The predicted molar refractivity (Wildman–Crippen MR) is 118 cm³/mol. The highest BCUT2D eigenvalue weighted by atomic mass is 32.2. The molecule has 1 aliphatic rings. The van der Waals surface area contributed by atoms with Crippen LogP contribution in [0, 0.1) is 0 Å². The molecule has 0 spiro atoms. The minimum atomic E-state index is -3.35. The number of anilines is 1. The summed E-state index contributed by atoms with van der Waals surface area (Å²) in [6, 6.07) is 7.50. The maximum absolute atomic E-state index is 12.2. The Morgan fingerprint density at radius 2 is 2.00 bits per heavy atom. The van der Waals surface area contributed by atoms with Crippen molar-refractivity contribution in [3.8, 4) is 0 Å². The molecule has 1 saturated carbocycles. The Bertz CT molecular complexity index is 796. The van der Waals surface area contributed by atoms with Gasteiger partial charge in [-0.3, -0.25) is 8.93 Å². The van der Waals surface area contributed by atoms with Crippen LogP contribution < -0.4 is 15.4 Å². The van der Waals surface area contributed by atoms with Crippen molar-refractivity contribution in [1.29, 1.82) is 0 Å². The second-order valence-corrected chi connectivity index (χ2v) is 10.8. The largest absolute Gasteiger partial charge is 0.357 e. The van der Waals surface area contributed by atoms with Crippen LogP contribution in [0.1, 0.15) is 45.1 Å². The van der Waals surface area contributed by atoms with Crippen LogP contribution in [0.15, 0.2) is 29.3 Å². The van der Waals surface area contributed by atoms with Crippen molar-refractivity contribution < 1.29 is 12.6 Å². The molecule has 0 aliphatic heterocycles. The first-order valence-corrected chi connectivity index (χ1v) is 13.1. The van der Waals surface area contributed by atoms with Crippen molar-refractivity contribution in [1.82, 2.24) is 10.6 Å². The molecule has 28 heavy (non-hydrogen) atoms. The molecule has 0 heterocycles. The summed E-state index contributed by atoms with van der Waals surface area (Å²) < 4.78 is 37.8. The third-order valence-corrected chi connectivity index (χ3v) is 7.02. The Morgan fingerprint density at radius 1 is 1.25 bits per heavy atom. The number of hydrogen-bond acceptors (Lipinski definition) is 4. The fraction of sp³-hybridized carbons (Fsp3) is 0.632. The smallest absolute Gasteiger partial charge is 0.229 e. The van der Waals surface area contributed by atoms with Crippen LogP contribution in [0.5, 0.6) is 0 Å². The lowest BCUT2D eigenvalue weighted by atomic mass is 9.95. The Labute approximate surface area is 171 Å². The standard InChI is InChI=1S/C19H32N4O3S2/c1-4-20-19(22-16-10-8-11-17(13-16)27(24)5-2)21-14-15-9-6-7-12-18(15)23-28(3,25)26/h6-7,9,12,16-17,23H,4-5,8,10-11,13-14H2,1-3H3,(H2,20,21,22). The van der Waals surface area contributed by atoms with Gasteiger partial charge in [-0.1, -0.05) is 31.5 Å². The highest BCUT2D eigenvalue weighted by molar-refractivity contribution is 7.92. The quantitative estimate of drug-likeness (QED) is 0.435. The third kappa shape index (κ3) is 7.43. The predicted octanol–water partition coefficient (Wildman–Crippen LogP) is 2.19. The van der Waals surface area contributed by atoms with Gasteiger partial charge in [-0.2, -0.15) is 0 Å². The lowest BCUT2D eigenvalue weighted by molar-refractivity contribution is 0.413. The van der Waals surface area contributed by atoms with Gasteiger partial charge in [-0.25, -0.2) is 13.4 Å². The Kier molecular flexibility index (Phi) is 8.75. The van der Waals surface area contributed by atoms with E-state index in [-0.39, 0.29) is 11.3 Å². The van der Waals surface area contributed by atoms with E-state index < -0.39 is 20.8 Å². The van der Waals surface area contributed by atoms with Gasteiger partial charge in [0.15, 0.2) is 5.96 Å². The Balaban J connectivity index is 2.08. The van der Waals surface area contributed by atoms with E-state index in [1.54, 1.807) is 12.1 Å². The van der Waals surface area contributed by atoms with Gasteiger partial charge in [-0.15, -0.1) is 0 Å². The van der Waals surface area contributed by atoms with Gasteiger partial charge >= 0.3 is 0 Å². The van der Waals surface area contributed by atoms with Gasteiger partial charge in [0.1, 0.15) is 0 Å². The first-order chi connectivity index (χ1) is 13.3. The summed E-state index contributed by atoms with van der Waals surface area (Å²) in [6.07, 6.45) is 5.15. The van der Waals surface area contributed by atoms with Crippen LogP contribution in [0.25, 0.3) is 0 Å². The molecule has 3 atom stereocenters. The van der Waals surface area contributed by atoms with E-state index in [9.17, 15) is 12.6 Å². The first kappa shape index (κ1) is 22.7. The fourth-order valence-corrected chi connectivity index (χ4v) is 5.33. The summed E-state index contributed by atoms with van der Waals surface area (Å²) in [5.74, 6) is 1.40. The van der Waals surface area contributed by atoms with Gasteiger partial charge in [0.2, 0.25) is 10.0 Å². The molecular weight excluding hydrogens is 396 g/mol. The summed E-state index contributed by atoms with van der Waals surface area (Å²) in [5.41, 5.74) is 1.35. The zero-order valence-electron chi connectivity index (χ0n) is 16.9. The van der Waals surface area contributed by atoms with Gasteiger partial charge in [-0.05, 0) is 37.8 Å². The lowest BCUT2D eigenvalue weighted by Gasteiger charge is -2.30. The minimum absolute atomic E-state index is 0.247. The third-order valence-electron chi connectivity index (χ3n) is 4.69. The number of aliphatic imine (C=N–C) groups is 1. The minimum Gasteiger partial charge on any atom is -0.357 e. The second-order valence-electron chi connectivity index (χ2n) is 7.03. The van der Waals surface area contributed by atoms with Crippen LogP contribution in [0.2, 0.25) is 0 Å².